The lowest BCUT2D eigenvalue weighted by Gasteiger charge is -2.32. The van der Waals surface area contributed by atoms with Gasteiger partial charge in [-0.25, -0.2) is 0 Å². The second-order valence-electron chi connectivity index (χ2n) is 10.1. The number of hydrogen-bond donors (Lipinski definition) is 0. The molecular weight excluding hydrogens is 360 g/mol. The second-order valence-corrected chi connectivity index (χ2v) is 10.1. The Balaban J connectivity index is 1.22. The van der Waals surface area contributed by atoms with Crippen molar-refractivity contribution in [3.05, 3.63) is 60.4 Å². The topological polar surface area (TPSA) is 43.4 Å². The van der Waals surface area contributed by atoms with Gasteiger partial charge in [-0.15, -0.1) is 6.58 Å². The second kappa shape index (κ2) is 6.17. The average molecular weight is 389 g/mol. The van der Waals surface area contributed by atoms with E-state index in [-0.39, 0.29) is 23.7 Å². The molecule has 1 aromatic rings. The maximum Gasteiger partial charge on any atom is 0.315 e. The van der Waals surface area contributed by atoms with Crippen LogP contribution in [0.2, 0.25) is 0 Å². The van der Waals surface area contributed by atoms with E-state index in [1.54, 1.807) is 0 Å². The fraction of sp³-hybridized carbons (Fsp3) is 0.538. The molecule has 0 spiro atoms. The van der Waals surface area contributed by atoms with Crippen molar-refractivity contribution < 1.29 is 14.3 Å². The maximum atomic E-state index is 12.3. The summed E-state index contributed by atoms with van der Waals surface area (Å²) in [6, 6.07) is 9.23. The number of carbonyl (C=O) groups is 2. The van der Waals surface area contributed by atoms with E-state index in [1.165, 1.54) is 17.4 Å². The number of cyclic esters (lactones) is 1. The molecule has 4 bridgehead atoms. The number of fused-ring (bicyclic) bond motifs is 7. The molecule has 3 nitrogen and oxygen atoms in total. The fourth-order valence-corrected chi connectivity index (χ4v) is 8.15. The molecular formula is C26H28O3. The molecule has 4 aliphatic carbocycles. The number of ether oxygens (including phenoxy) is 1. The highest BCUT2D eigenvalue weighted by atomic mass is 16.5. The highest BCUT2D eigenvalue weighted by Gasteiger charge is 2.60. The van der Waals surface area contributed by atoms with Crippen LogP contribution in [0, 0.1) is 47.3 Å². The van der Waals surface area contributed by atoms with Crippen LogP contribution in [-0.2, 0) is 14.3 Å². The first-order valence-electron chi connectivity index (χ1n) is 11.2. The molecule has 1 aliphatic heterocycles. The predicted octanol–water partition coefficient (Wildman–Crippen LogP) is 4.85. The van der Waals surface area contributed by atoms with E-state index in [2.05, 4.69) is 37.4 Å². The molecule has 5 aliphatic rings. The zero-order valence-corrected chi connectivity index (χ0v) is 16.7. The van der Waals surface area contributed by atoms with Crippen LogP contribution in [0.5, 0.6) is 0 Å². The van der Waals surface area contributed by atoms with Gasteiger partial charge >= 0.3 is 5.97 Å². The van der Waals surface area contributed by atoms with Gasteiger partial charge in [0.1, 0.15) is 12.0 Å². The van der Waals surface area contributed by atoms with Crippen LogP contribution in [0.4, 0.5) is 0 Å². The highest BCUT2D eigenvalue weighted by Crippen LogP contribution is 2.63. The Morgan fingerprint density at radius 1 is 0.862 bits per heavy atom. The highest BCUT2D eigenvalue weighted by molar-refractivity contribution is 5.79. The lowest BCUT2D eigenvalue weighted by Crippen LogP contribution is -2.28. The molecule has 1 heterocycles. The first-order valence-corrected chi connectivity index (χ1v) is 11.2. The number of esters is 1. The summed E-state index contributed by atoms with van der Waals surface area (Å²) in [6.07, 6.45) is 7.76. The van der Waals surface area contributed by atoms with Crippen LogP contribution in [0.3, 0.4) is 0 Å². The third-order valence-electron chi connectivity index (χ3n) is 9.23. The number of hydrogen-bond acceptors (Lipinski definition) is 3. The van der Waals surface area contributed by atoms with E-state index in [0.29, 0.717) is 47.2 Å². The molecule has 10 unspecified atom stereocenters. The van der Waals surface area contributed by atoms with E-state index in [1.807, 2.05) is 6.08 Å². The third kappa shape index (κ3) is 2.30. The lowest BCUT2D eigenvalue weighted by atomic mass is 9.71. The van der Waals surface area contributed by atoms with Crippen LogP contribution >= 0.6 is 0 Å². The summed E-state index contributed by atoms with van der Waals surface area (Å²) < 4.78 is 5.38. The van der Waals surface area contributed by atoms with Gasteiger partial charge in [0.25, 0.3) is 0 Å². The molecule has 3 heteroatoms. The molecule has 4 saturated carbocycles. The van der Waals surface area contributed by atoms with Gasteiger partial charge in [-0.1, -0.05) is 36.9 Å². The Bertz CT molecular complexity index is 899. The summed E-state index contributed by atoms with van der Waals surface area (Å²) in [5.41, 5.74) is 2.78. The largest absolute Gasteiger partial charge is 0.431 e. The molecule has 150 valence electrons. The van der Waals surface area contributed by atoms with Gasteiger partial charge in [0, 0.05) is 11.8 Å². The summed E-state index contributed by atoms with van der Waals surface area (Å²) in [7, 11) is 0. The SMILES string of the molecule is C=CC1C(C=O)C2CC(c3ccc(C4CC5CC4C4C(=O)OC(=C)C54)cc3)C1C2. The molecule has 5 fully saturated rings. The number of allylic oxidation sites excluding steroid dienone is 2. The number of rotatable bonds is 4. The van der Waals surface area contributed by atoms with E-state index < -0.39 is 0 Å². The van der Waals surface area contributed by atoms with Crippen molar-refractivity contribution in [3.8, 4) is 0 Å². The van der Waals surface area contributed by atoms with E-state index >= 15 is 0 Å². The monoisotopic (exact) mass is 388 g/mol. The summed E-state index contributed by atoms with van der Waals surface area (Å²) in [6.45, 7) is 8.00. The van der Waals surface area contributed by atoms with Crippen molar-refractivity contribution in [2.24, 2.45) is 47.3 Å². The standard InChI is InChI=1S/C26H28O3/c1-3-18-21-9-16(23(18)12-27)8-19(21)14-4-6-15(7-5-14)20-10-17-11-22(20)25-24(17)13(2)29-26(25)28/h3-7,12,16-25H,1-2,8-11H2. The van der Waals surface area contributed by atoms with E-state index in [9.17, 15) is 9.59 Å². The molecule has 0 radical (unpaired) electrons. The minimum atomic E-state index is -0.0454. The molecule has 0 aromatic heterocycles. The van der Waals surface area contributed by atoms with Gasteiger partial charge in [-0.2, -0.15) is 0 Å². The van der Waals surface area contributed by atoms with Gasteiger partial charge in [0.15, 0.2) is 0 Å². The van der Waals surface area contributed by atoms with Gasteiger partial charge in [0.05, 0.1) is 5.92 Å². The van der Waals surface area contributed by atoms with Crippen LogP contribution in [0.15, 0.2) is 49.3 Å². The van der Waals surface area contributed by atoms with Gasteiger partial charge in [-0.05, 0) is 78.2 Å². The Labute approximate surface area is 172 Å². The molecule has 10 atom stereocenters. The maximum absolute atomic E-state index is 12.3. The van der Waals surface area contributed by atoms with Crippen LogP contribution < -0.4 is 0 Å². The van der Waals surface area contributed by atoms with Crippen LogP contribution in [0.1, 0.15) is 48.6 Å². The summed E-state index contributed by atoms with van der Waals surface area (Å²) in [4.78, 5) is 23.8. The van der Waals surface area contributed by atoms with E-state index in [4.69, 9.17) is 4.74 Å². The zero-order chi connectivity index (χ0) is 19.9. The minimum absolute atomic E-state index is 0.0325. The Kier molecular flexibility index (Phi) is 3.76. The Morgan fingerprint density at radius 2 is 1.48 bits per heavy atom. The Hall–Kier alpha value is -2.16. The third-order valence-corrected chi connectivity index (χ3v) is 9.23. The summed E-state index contributed by atoms with van der Waals surface area (Å²) >= 11 is 0. The smallest absolute Gasteiger partial charge is 0.315 e. The van der Waals surface area contributed by atoms with Crippen molar-refractivity contribution in [2.75, 3.05) is 0 Å². The van der Waals surface area contributed by atoms with Gasteiger partial charge in [-0.3, -0.25) is 4.79 Å². The van der Waals surface area contributed by atoms with Crippen LogP contribution in [-0.4, -0.2) is 12.3 Å². The van der Waals surface area contributed by atoms with Crippen LogP contribution in [0.25, 0.3) is 0 Å². The molecule has 29 heavy (non-hydrogen) atoms. The van der Waals surface area contributed by atoms with Gasteiger partial charge in [0.2, 0.25) is 0 Å². The predicted molar refractivity (Wildman–Crippen MR) is 110 cm³/mol. The van der Waals surface area contributed by atoms with Gasteiger partial charge < -0.3 is 9.53 Å². The molecule has 1 saturated heterocycles. The lowest BCUT2D eigenvalue weighted by molar-refractivity contribution is -0.140. The van der Waals surface area contributed by atoms with Crippen molar-refractivity contribution >= 4 is 12.3 Å². The fourth-order valence-electron chi connectivity index (χ4n) is 8.15. The quantitative estimate of drug-likeness (QED) is 0.421. The molecule has 0 N–H and O–H groups in total. The number of aldehydes is 1. The minimum Gasteiger partial charge on any atom is -0.431 e. The first kappa shape index (κ1) is 17.7. The summed E-state index contributed by atoms with van der Waals surface area (Å²) in [5, 5.41) is 0. The normalized spacial score (nSPS) is 46.8. The zero-order valence-electron chi connectivity index (χ0n) is 16.7. The number of carbonyl (C=O) groups excluding carboxylic acids is 2. The first-order chi connectivity index (χ1) is 14.1. The van der Waals surface area contributed by atoms with Crippen molar-refractivity contribution in [3.63, 3.8) is 0 Å². The molecule has 0 amide bonds. The van der Waals surface area contributed by atoms with Crippen molar-refractivity contribution in [2.45, 2.75) is 37.5 Å². The average Bonchev–Trinajstić information content (AvgIpc) is 3.53. The number of benzene rings is 1. The van der Waals surface area contributed by atoms with Crippen molar-refractivity contribution in [1.82, 2.24) is 0 Å². The summed E-state index contributed by atoms with van der Waals surface area (Å²) in [5.74, 6) is 4.52. The Morgan fingerprint density at radius 3 is 2.14 bits per heavy atom. The molecule has 6 rings (SSSR count). The molecule has 1 aromatic carbocycles. The van der Waals surface area contributed by atoms with Crippen molar-refractivity contribution in [1.29, 1.82) is 0 Å². The van der Waals surface area contributed by atoms with E-state index in [0.717, 1.165) is 25.7 Å².